The zero-order valence-corrected chi connectivity index (χ0v) is 16.1. The number of rotatable bonds is 8. The van der Waals surface area contributed by atoms with Crippen LogP contribution in [0.15, 0.2) is 53.4 Å². The third kappa shape index (κ3) is 5.63. The van der Waals surface area contributed by atoms with Gasteiger partial charge in [-0.05, 0) is 50.2 Å². The molecule has 0 aliphatic heterocycles. The van der Waals surface area contributed by atoms with Crippen molar-refractivity contribution >= 4 is 21.8 Å². The Labute approximate surface area is 158 Å². The van der Waals surface area contributed by atoms with Crippen molar-refractivity contribution in [3.05, 3.63) is 59.7 Å². The van der Waals surface area contributed by atoms with Crippen LogP contribution >= 0.6 is 0 Å². The summed E-state index contributed by atoms with van der Waals surface area (Å²) in [5.41, 5.74) is 0.514. The zero-order chi connectivity index (χ0) is 20.0. The van der Waals surface area contributed by atoms with Crippen molar-refractivity contribution in [2.75, 3.05) is 13.7 Å². The van der Waals surface area contributed by atoms with E-state index in [9.17, 15) is 18.0 Å². The fraction of sp³-hybridized carbons (Fsp3) is 0.263. The molecule has 2 rings (SSSR count). The van der Waals surface area contributed by atoms with Gasteiger partial charge in [-0.2, -0.15) is 0 Å². The van der Waals surface area contributed by atoms with Crippen molar-refractivity contribution < 1.29 is 27.5 Å². The molecule has 7 nitrogen and oxygen atoms in total. The molecule has 8 heteroatoms. The van der Waals surface area contributed by atoms with Crippen LogP contribution in [0.5, 0.6) is 5.75 Å². The summed E-state index contributed by atoms with van der Waals surface area (Å²) >= 11 is 0. The molecule has 2 aromatic rings. The van der Waals surface area contributed by atoms with E-state index in [1.165, 1.54) is 31.4 Å². The van der Waals surface area contributed by atoms with E-state index in [-0.39, 0.29) is 22.3 Å². The van der Waals surface area contributed by atoms with E-state index in [0.717, 1.165) is 0 Å². The fourth-order valence-electron chi connectivity index (χ4n) is 2.24. The standard InChI is InChI=1S/C19H21NO6S/c1-13(2)20-27(23,24)17-9-7-14(8-10-17)19(22)26-12-18(21)15-5-4-6-16(11-15)25-3/h4-11,13,20H,12H2,1-3H3. The lowest BCUT2D eigenvalue weighted by molar-refractivity contribution is 0.0474. The highest BCUT2D eigenvalue weighted by Crippen LogP contribution is 2.14. The van der Waals surface area contributed by atoms with Crippen LogP contribution < -0.4 is 9.46 Å². The van der Waals surface area contributed by atoms with E-state index in [1.807, 2.05) is 0 Å². The summed E-state index contributed by atoms with van der Waals surface area (Å²) in [4.78, 5) is 24.2. The number of carbonyl (C=O) groups is 2. The van der Waals surface area contributed by atoms with Crippen LogP contribution in [0, 0.1) is 0 Å². The van der Waals surface area contributed by atoms with Gasteiger partial charge in [-0.3, -0.25) is 4.79 Å². The predicted molar refractivity (Wildman–Crippen MR) is 99.5 cm³/mol. The molecule has 0 atom stereocenters. The number of hydrogen-bond acceptors (Lipinski definition) is 6. The van der Waals surface area contributed by atoms with E-state index in [4.69, 9.17) is 9.47 Å². The summed E-state index contributed by atoms with van der Waals surface area (Å²) in [6.45, 7) is 2.99. The van der Waals surface area contributed by atoms with Crippen molar-refractivity contribution in [2.24, 2.45) is 0 Å². The Morgan fingerprint density at radius 1 is 1.04 bits per heavy atom. The second-order valence-corrected chi connectivity index (χ2v) is 7.75. The molecule has 0 spiro atoms. The average Bonchev–Trinajstić information content (AvgIpc) is 2.65. The minimum atomic E-state index is -3.64. The summed E-state index contributed by atoms with van der Waals surface area (Å²) in [7, 11) is -2.15. The molecule has 0 radical (unpaired) electrons. The second kappa shape index (κ2) is 8.79. The minimum absolute atomic E-state index is 0.0419. The summed E-state index contributed by atoms with van der Waals surface area (Å²) in [6.07, 6.45) is 0. The Kier molecular flexibility index (Phi) is 6.70. The summed E-state index contributed by atoms with van der Waals surface area (Å²) in [5, 5.41) is 0. The van der Waals surface area contributed by atoms with Crippen LogP contribution in [-0.4, -0.2) is 39.9 Å². The van der Waals surface area contributed by atoms with Crippen molar-refractivity contribution in [2.45, 2.75) is 24.8 Å². The van der Waals surface area contributed by atoms with Gasteiger partial charge in [0.25, 0.3) is 0 Å². The largest absolute Gasteiger partial charge is 0.497 e. The van der Waals surface area contributed by atoms with Gasteiger partial charge in [0.05, 0.1) is 17.6 Å². The van der Waals surface area contributed by atoms with Crippen LogP contribution in [-0.2, 0) is 14.8 Å². The lowest BCUT2D eigenvalue weighted by atomic mass is 10.1. The number of ether oxygens (including phenoxy) is 2. The van der Waals surface area contributed by atoms with Crippen LogP contribution in [0.4, 0.5) is 0 Å². The zero-order valence-electron chi connectivity index (χ0n) is 15.3. The monoisotopic (exact) mass is 391 g/mol. The molecule has 0 fully saturated rings. The Morgan fingerprint density at radius 3 is 2.30 bits per heavy atom. The Bertz CT molecular complexity index is 919. The number of nitrogens with one attached hydrogen (secondary N) is 1. The third-order valence-corrected chi connectivity index (χ3v) is 5.19. The number of ketones is 1. The summed E-state index contributed by atoms with van der Waals surface area (Å²) < 4.78 is 36.6. The Hall–Kier alpha value is -2.71. The van der Waals surface area contributed by atoms with Gasteiger partial charge in [0.15, 0.2) is 12.4 Å². The number of esters is 1. The number of carbonyl (C=O) groups excluding carboxylic acids is 2. The minimum Gasteiger partial charge on any atom is -0.497 e. The normalized spacial score (nSPS) is 11.3. The number of sulfonamides is 1. The van der Waals surface area contributed by atoms with Gasteiger partial charge in [0, 0.05) is 11.6 Å². The molecule has 0 aromatic heterocycles. The van der Waals surface area contributed by atoms with Crippen LogP contribution in [0.25, 0.3) is 0 Å². The molecule has 0 aliphatic carbocycles. The van der Waals surface area contributed by atoms with Gasteiger partial charge in [-0.25, -0.2) is 17.9 Å². The van der Waals surface area contributed by atoms with E-state index < -0.39 is 22.6 Å². The molecule has 144 valence electrons. The van der Waals surface area contributed by atoms with E-state index in [0.29, 0.717) is 11.3 Å². The van der Waals surface area contributed by atoms with Gasteiger partial charge in [0.1, 0.15) is 5.75 Å². The maximum atomic E-state index is 12.1. The Balaban J connectivity index is 2.01. The number of methoxy groups -OCH3 is 1. The first-order valence-corrected chi connectivity index (χ1v) is 9.68. The van der Waals surface area contributed by atoms with Crippen LogP contribution in [0.3, 0.4) is 0 Å². The summed E-state index contributed by atoms with van der Waals surface area (Å²) in [5.74, 6) is -0.562. The van der Waals surface area contributed by atoms with Gasteiger partial charge in [0.2, 0.25) is 10.0 Å². The highest BCUT2D eigenvalue weighted by atomic mass is 32.2. The molecule has 0 saturated carbocycles. The summed E-state index contributed by atoms with van der Waals surface area (Å²) in [6, 6.07) is 11.6. The third-order valence-electron chi connectivity index (χ3n) is 3.52. The molecule has 0 amide bonds. The first-order chi connectivity index (χ1) is 12.7. The maximum absolute atomic E-state index is 12.1. The number of Topliss-reactive ketones (excluding diaryl/α,β-unsaturated/α-hetero) is 1. The number of hydrogen-bond donors (Lipinski definition) is 1. The lowest BCUT2D eigenvalue weighted by Gasteiger charge is -2.10. The number of benzene rings is 2. The topological polar surface area (TPSA) is 98.8 Å². The Morgan fingerprint density at radius 2 is 1.70 bits per heavy atom. The van der Waals surface area contributed by atoms with Crippen molar-refractivity contribution in [3.63, 3.8) is 0 Å². The predicted octanol–water partition coefficient (Wildman–Crippen LogP) is 2.42. The molecule has 27 heavy (non-hydrogen) atoms. The lowest BCUT2D eigenvalue weighted by Crippen LogP contribution is -2.30. The molecular weight excluding hydrogens is 370 g/mol. The second-order valence-electron chi connectivity index (χ2n) is 6.03. The van der Waals surface area contributed by atoms with E-state index in [2.05, 4.69) is 4.72 Å². The first kappa shape index (κ1) is 20.6. The molecular formula is C19H21NO6S. The van der Waals surface area contributed by atoms with E-state index in [1.54, 1.807) is 38.1 Å². The molecule has 0 heterocycles. The molecule has 2 aromatic carbocycles. The highest BCUT2D eigenvalue weighted by molar-refractivity contribution is 7.89. The molecule has 0 bridgehead atoms. The van der Waals surface area contributed by atoms with E-state index >= 15 is 0 Å². The van der Waals surface area contributed by atoms with Crippen molar-refractivity contribution in [1.29, 1.82) is 0 Å². The van der Waals surface area contributed by atoms with Gasteiger partial charge in [-0.1, -0.05) is 12.1 Å². The van der Waals surface area contributed by atoms with Crippen molar-refractivity contribution in [3.8, 4) is 5.75 Å². The highest BCUT2D eigenvalue weighted by Gasteiger charge is 2.17. The molecule has 0 aliphatic rings. The smallest absolute Gasteiger partial charge is 0.338 e. The van der Waals surface area contributed by atoms with Gasteiger partial charge >= 0.3 is 5.97 Å². The quantitative estimate of drug-likeness (QED) is 0.548. The SMILES string of the molecule is COc1cccc(C(=O)COC(=O)c2ccc(S(=O)(=O)NC(C)C)cc2)c1. The van der Waals surface area contributed by atoms with Crippen LogP contribution in [0.2, 0.25) is 0 Å². The van der Waals surface area contributed by atoms with Gasteiger partial charge < -0.3 is 9.47 Å². The van der Waals surface area contributed by atoms with Crippen LogP contribution in [0.1, 0.15) is 34.6 Å². The average molecular weight is 391 g/mol. The van der Waals surface area contributed by atoms with Gasteiger partial charge in [-0.15, -0.1) is 0 Å². The molecule has 1 N–H and O–H groups in total. The molecule has 0 saturated heterocycles. The van der Waals surface area contributed by atoms with Crippen molar-refractivity contribution in [1.82, 2.24) is 4.72 Å². The maximum Gasteiger partial charge on any atom is 0.338 e. The fourth-order valence-corrected chi connectivity index (χ4v) is 3.49. The first-order valence-electron chi connectivity index (χ1n) is 8.19. The molecule has 0 unspecified atom stereocenters.